The highest BCUT2D eigenvalue weighted by molar-refractivity contribution is 6.33. The predicted octanol–water partition coefficient (Wildman–Crippen LogP) is 2.97. The van der Waals surface area contributed by atoms with Gasteiger partial charge in [0, 0.05) is 6.54 Å². The number of methoxy groups -OCH3 is 1. The normalized spacial score (nSPS) is 11.6. The Morgan fingerprint density at radius 2 is 2.19 bits per heavy atom. The Morgan fingerprint density at radius 3 is 2.75 bits per heavy atom. The Balaban J connectivity index is 0.00000112. The molecule has 1 aliphatic heterocycles. The van der Waals surface area contributed by atoms with Crippen molar-refractivity contribution < 1.29 is 9.53 Å². The molecule has 1 N–H and O–H groups in total. The topological polar surface area (TPSA) is 38.3 Å². The molecule has 0 atom stereocenters. The minimum absolute atomic E-state index is 0. The van der Waals surface area contributed by atoms with E-state index in [-0.39, 0.29) is 24.8 Å². The van der Waals surface area contributed by atoms with Crippen LogP contribution in [0.5, 0.6) is 5.75 Å². The Hall–Kier alpha value is -0.640. The highest BCUT2D eigenvalue weighted by Gasteiger charge is 2.20. The predicted molar refractivity (Wildman–Crippen MR) is 70.1 cm³/mol. The fourth-order valence-corrected chi connectivity index (χ4v) is 2.06. The van der Waals surface area contributed by atoms with Crippen LogP contribution in [0.4, 0.5) is 5.69 Å². The molecule has 0 saturated heterocycles. The van der Waals surface area contributed by atoms with Crippen LogP contribution in [0.3, 0.4) is 0 Å². The molecule has 90 valence electrons. The number of carbonyl (C=O) groups is 1. The number of ether oxygens (including phenoxy) is 1. The Labute approximate surface area is 111 Å². The number of fused-ring (bicyclic) bond motifs is 1. The van der Waals surface area contributed by atoms with Crippen molar-refractivity contribution in [2.24, 2.45) is 0 Å². The van der Waals surface area contributed by atoms with Crippen molar-refractivity contribution in [2.45, 2.75) is 6.42 Å². The molecule has 2 rings (SSSR count). The number of anilines is 1. The zero-order valence-electron chi connectivity index (χ0n) is 8.58. The van der Waals surface area contributed by atoms with Crippen LogP contribution >= 0.6 is 36.4 Å². The van der Waals surface area contributed by atoms with E-state index >= 15 is 0 Å². The second-order valence-corrected chi connectivity index (χ2v) is 3.54. The van der Waals surface area contributed by atoms with Gasteiger partial charge in [0.2, 0.25) is 0 Å². The standard InChI is InChI=1S/C10H10ClNO2.2ClH/c1-14-10-7(5-13)9-6(2-3-12-9)4-8(10)11;;/h4-5,12H,2-3H2,1H3;2*1H. The summed E-state index contributed by atoms with van der Waals surface area (Å²) in [5.41, 5.74) is 2.46. The number of rotatable bonds is 2. The highest BCUT2D eigenvalue weighted by atomic mass is 35.5. The summed E-state index contributed by atoms with van der Waals surface area (Å²) in [6.45, 7) is 0.847. The van der Waals surface area contributed by atoms with Crippen molar-refractivity contribution in [2.75, 3.05) is 19.0 Å². The zero-order chi connectivity index (χ0) is 10.1. The van der Waals surface area contributed by atoms with Crippen molar-refractivity contribution in [1.82, 2.24) is 0 Å². The molecular formula is C10H12Cl3NO2. The molecular weight excluding hydrogens is 272 g/mol. The van der Waals surface area contributed by atoms with Gasteiger partial charge in [-0.3, -0.25) is 4.79 Å². The van der Waals surface area contributed by atoms with E-state index in [9.17, 15) is 4.79 Å². The minimum atomic E-state index is 0. The summed E-state index contributed by atoms with van der Waals surface area (Å²) in [4.78, 5) is 10.9. The summed E-state index contributed by atoms with van der Waals surface area (Å²) in [6, 6.07) is 1.85. The minimum Gasteiger partial charge on any atom is -0.494 e. The first kappa shape index (κ1) is 15.4. The lowest BCUT2D eigenvalue weighted by atomic mass is 10.1. The maximum atomic E-state index is 10.9. The average Bonchev–Trinajstić information content (AvgIpc) is 2.62. The van der Waals surface area contributed by atoms with E-state index < -0.39 is 0 Å². The van der Waals surface area contributed by atoms with E-state index in [1.54, 1.807) is 0 Å². The molecule has 0 aliphatic carbocycles. The van der Waals surface area contributed by atoms with Gasteiger partial charge in [-0.2, -0.15) is 0 Å². The van der Waals surface area contributed by atoms with Crippen molar-refractivity contribution in [1.29, 1.82) is 0 Å². The van der Waals surface area contributed by atoms with Gasteiger partial charge in [-0.15, -0.1) is 24.8 Å². The van der Waals surface area contributed by atoms with Gasteiger partial charge < -0.3 is 10.1 Å². The number of aldehydes is 1. The summed E-state index contributed by atoms with van der Waals surface area (Å²) in [5, 5.41) is 3.65. The summed E-state index contributed by atoms with van der Waals surface area (Å²) in [7, 11) is 1.51. The number of hydrogen-bond donors (Lipinski definition) is 1. The molecule has 0 amide bonds. The third kappa shape index (κ3) is 2.37. The van der Waals surface area contributed by atoms with Crippen molar-refractivity contribution in [3.63, 3.8) is 0 Å². The van der Waals surface area contributed by atoms with Crippen molar-refractivity contribution >= 4 is 48.4 Å². The third-order valence-corrected chi connectivity index (χ3v) is 2.65. The molecule has 3 nitrogen and oxygen atoms in total. The van der Waals surface area contributed by atoms with Crippen molar-refractivity contribution in [3.8, 4) is 5.75 Å². The molecule has 1 heterocycles. The van der Waals surface area contributed by atoms with Gasteiger partial charge >= 0.3 is 0 Å². The van der Waals surface area contributed by atoms with E-state index in [2.05, 4.69) is 5.32 Å². The van der Waals surface area contributed by atoms with E-state index in [1.807, 2.05) is 6.07 Å². The number of hydrogen-bond acceptors (Lipinski definition) is 3. The van der Waals surface area contributed by atoms with Gasteiger partial charge in [0.1, 0.15) is 5.75 Å². The van der Waals surface area contributed by atoms with E-state index in [1.165, 1.54) is 7.11 Å². The van der Waals surface area contributed by atoms with Gasteiger partial charge in [-0.1, -0.05) is 11.6 Å². The maximum Gasteiger partial charge on any atom is 0.155 e. The molecule has 0 aromatic heterocycles. The molecule has 1 aromatic carbocycles. The second-order valence-electron chi connectivity index (χ2n) is 3.13. The van der Waals surface area contributed by atoms with Gasteiger partial charge in [-0.25, -0.2) is 0 Å². The largest absolute Gasteiger partial charge is 0.494 e. The van der Waals surface area contributed by atoms with Crippen LogP contribution in [0.1, 0.15) is 15.9 Å². The van der Waals surface area contributed by atoms with Gasteiger partial charge in [0.15, 0.2) is 6.29 Å². The Bertz CT molecular complexity index is 392. The van der Waals surface area contributed by atoms with Crippen LogP contribution in [0.25, 0.3) is 0 Å². The Kier molecular flexibility index (Phi) is 5.94. The first-order valence-corrected chi connectivity index (χ1v) is 4.74. The Morgan fingerprint density at radius 1 is 1.50 bits per heavy atom. The van der Waals surface area contributed by atoms with Crippen LogP contribution < -0.4 is 10.1 Å². The number of benzene rings is 1. The fraction of sp³-hybridized carbons (Fsp3) is 0.300. The summed E-state index contributed by atoms with van der Waals surface area (Å²) >= 11 is 5.98. The van der Waals surface area contributed by atoms with E-state index in [4.69, 9.17) is 16.3 Å². The molecule has 0 saturated carbocycles. The van der Waals surface area contributed by atoms with Crippen molar-refractivity contribution in [3.05, 3.63) is 22.2 Å². The van der Waals surface area contributed by atoms with Crippen LogP contribution in [-0.2, 0) is 6.42 Å². The lowest BCUT2D eigenvalue weighted by Gasteiger charge is -2.10. The third-order valence-electron chi connectivity index (χ3n) is 2.37. The van der Waals surface area contributed by atoms with Crippen LogP contribution in [-0.4, -0.2) is 19.9 Å². The number of nitrogens with one attached hydrogen (secondary N) is 1. The maximum absolute atomic E-state index is 10.9. The molecule has 0 radical (unpaired) electrons. The van der Waals surface area contributed by atoms with Crippen LogP contribution in [0.15, 0.2) is 6.07 Å². The molecule has 0 fully saturated rings. The SMILES string of the molecule is COc1c(Cl)cc2c(c1C=O)NCC2.Cl.Cl. The lowest BCUT2D eigenvalue weighted by Crippen LogP contribution is -1.98. The van der Waals surface area contributed by atoms with Gasteiger partial charge in [-0.05, 0) is 18.1 Å². The van der Waals surface area contributed by atoms with E-state index in [0.717, 1.165) is 30.5 Å². The molecule has 6 heteroatoms. The number of halogens is 3. The quantitative estimate of drug-likeness (QED) is 0.849. The molecule has 1 aliphatic rings. The molecule has 0 unspecified atom stereocenters. The second kappa shape index (κ2) is 6.18. The summed E-state index contributed by atoms with van der Waals surface area (Å²) < 4.78 is 5.09. The first-order chi connectivity index (χ1) is 6.77. The number of carbonyl (C=O) groups excluding carboxylic acids is 1. The van der Waals surface area contributed by atoms with Gasteiger partial charge in [0.05, 0.1) is 23.4 Å². The fourth-order valence-electron chi connectivity index (χ4n) is 1.75. The monoisotopic (exact) mass is 283 g/mol. The van der Waals surface area contributed by atoms with Crippen LogP contribution in [0.2, 0.25) is 5.02 Å². The molecule has 0 bridgehead atoms. The van der Waals surface area contributed by atoms with E-state index in [0.29, 0.717) is 16.3 Å². The highest BCUT2D eigenvalue weighted by Crippen LogP contribution is 2.38. The van der Waals surface area contributed by atoms with Gasteiger partial charge in [0.25, 0.3) is 0 Å². The summed E-state index contributed by atoms with van der Waals surface area (Å²) in [5.74, 6) is 0.454. The molecule has 0 spiro atoms. The smallest absolute Gasteiger partial charge is 0.155 e. The lowest BCUT2D eigenvalue weighted by molar-refractivity contribution is 0.112. The molecule has 16 heavy (non-hydrogen) atoms. The first-order valence-electron chi connectivity index (χ1n) is 4.36. The molecule has 1 aromatic rings. The van der Waals surface area contributed by atoms with Crippen LogP contribution in [0, 0.1) is 0 Å². The zero-order valence-corrected chi connectivity index (χ0v) is 11.0. The summed E-state index contributed by atoms with van der Waals surface area (Å²) in [6.07, 6.45) is 1.68. The average molecular weight is 285 g/mol.